The molecule has 0 spiro atoms. The summed E-state index contributed by atoms with van der Waals surface area (Å²) < 4.78 is 0. The second-order valence-corrected chi connectivity index (χ2v) is 5.45. The fourth-order valence-electron chi connectivity index (χ4n) is 2.27. The van der Waals surface area contributed by atoms with Gasteiger partial charge in [0.2, 0.25) is 0 Å². The molecule has 90 valence electrons. The van der Waals surface area contributed by atoms with E-state index in [1.807, 2.05) is 11.8 Å². The highest BCUT2D eigenvalue weighted by atomic mass is 32.2. The lowest BCUT2D eigenvalue weighted by molar-refractivity contribution is 0.115. The van der Waals surface area contributed by atoms with Gasteiger partial charge in [0, 0.05) is 17.8 Å². The van der Waals surface area contributed by atoms with Crippen molar-refractivity contribution >= 4 is 11.8 Å². The maximum atomic E-state index is 9.99. The van der Waals surface area contributed by atoms with E-state index in [2.05, 4.69) is 18.5 Å². The van der Waals surface area contributed by atoms with Crippen molar-refractivity contribution in [3.05, 3.63) is 0 Å². The van der Waals surface area contributed by atoms with Crippen LogP contribution in [0, 0.1) is 0 Å². The fourth-order valence-corrected chi connectivity index (χ4v) is 3.00. The van der Waals surface area contributed by atoms with Crippen LogP contribution in [0.2, 0.25) is 0 Å². The molecule has 0 amide bonds. The minimum Gasteiger partial charge on any atom is -0.392 e. The molecule has 0 aromatic heterocycles. The molecular weight excluding hydrogens is 206 g/mol. The molecule has 0 heterocycles. The molecule has 1 rings (SSSR count). The number of hydrogen-bond acceptors (Lipinski definition) is 3. The third-order valence-corrected chi connectivity index (χ3v) is 4.03. The Morgan fingerprint density at radius 2 is 2.07 bits per heavy atom. The van der Waals surface area contributed by atoms with Crippen molar-refractivity contribution in [1.29, 1.82) is 0 Å². The highest BCUT2D eigenvalue weighted by Crippen LogP contribution is 2.19. The van der Waals surface area contributed by atoms with Crippen molar-refractivity contribution in [1.82, 2.24) is 5.32 Å². The molecule has 2 nitrogen and oxygen atoms in total. The normalized spacial score (nSPS) is 29.8. The Hall–Kier alpha value is 0.270. The lowest BCUT2D eigenvalue weighted by Crippen LogP contribution is -2.45. The quantitative estimate of drug-likeness (QED) is 0.713. The van der Waals surface area contributed by atoms with Crippen LogP contribution in [0.25, 0.3) is 0 Å². The first-order chi connectivity index (χ1) is 7.27. The van der Waals surface area contributed by atoms with Crippen molar-refractivity contribution in [2.24, 2.45) is 0 Å². The Morgan fingerprint density at radius 3 is 2.73 bits per heavy atom. The molecule has 0 radical (unpaired) electrons. The van der Waals surface area contributed by atoms with Gasteiger partial charge in [-0.15, -0.1) is 0 Å². The molecule has 2 N–H and O–H groups in total. The van der Waals surface area contributed by atoms with Gasteiger partial charge in [-0.2, -0.15) is 11.8 Å². The molecule has 1 aliphatic rings. The van der Waals surface area contributed by atoms with E-state index in [0.29, 0.717) is 12.1 Å². The Morgan fingerprint density at radius 1 is 1.33 bits per heavy atom. The summed E-state index contributed by atoms with van der Waals surface area (Å²) in [4.78, 5) is 0. The lowest BCUT2D eigenvalue weighted by atomic mass is 10.0. The van der Waals surface area contributed by atoms with Crippen LogP contribution in [0.1, 0.15) is 45.4 Å². The molecule has 3 atom stereocenters. The molecule has 1 aliphatic carbocycles. The van der Waals surface area contributed by atoms with Gasteiger partial charge in [-0.05, 0) is 25.5 Å². The molecule has 3 heteroatoms. The Bertz CT molecular complexity index is 166. The fraction of sp³-hybridized carbons (Fsp3) is 1.00. The highest BCUT2D eigenvalue weighted by Gasteiger charge is 2.23. The van der Waals surface area contributed by atoms with Crippen LogP contribution in [0.15, 0.2) is 0 Å². The number of aliphatic hydroxyl groups is 1. The molecule has 15 heavy (non-hydrogen) atoms. The van der Waals surface area contributed by atoms with Crippen molar-refractivity contribution in [3.63, 3.8) is 0 Å². The topological polar surface area (TPSA) is 32.3 Å². The first-order valence-electron chi connectivity index (χ1n) is 6.21. The van der Waals surface area contributed by atoms with Crippen molar-refractivity contribution in [3.8, 4) is 0 Å². The standard InChI is InChI=1S/C12H25NOS/c1-3-10(9-15-2)13-11-7-5-4-6-8-12(11)14/h10-14H,3-9H2,1-2H3. The zero-order chi connectivity index (χ0) is 11.1. The molecule has 3 unspecified atom stereocenters. The van der Waals surface area contributed by atoms with Gasteiger partial charge in [0.1, 0.15) is 0 Å². The molecular formula is C12H25NOS. The Kier molecular flexibility index (Phi) is 6.69. The zero-order valence-electron chi connectivity index (χ0n) is 10.0. The molecule has 0 aliphatic heterocycles. The smallest absolute Gasteiger partial charge is 0.0693 e. The van der Waals surface area contributed by atoms with Gasteiger partial charge >= 0.3 is 0 Å². The van der Waals surface area contributed by atoms with E-state index in [4.69, 9.17) is 0 Å². The first-order valence-corrected chi connectivity index (χ1v) is 7.60. The molecule has 0 aromatic rings. The summed E-state index contributed by atoms with van der Waals surface area (Å²) in [6, 6.07) is 0.905. The summed E-state index contributed by atoms with van der Waals surface area (Å²) in [6.07, 6.45) is 9.05. The summed E-state index contributed by atoms with van der Waals surface area (Å²) in [7, 11) is 0. The number of nitrogens with one attached hydrogen (secondary N) is 1. The maximum absolute atomic E-state index is 9.99. The summed E-state index contributed by atoms with van der Waals surface area (Å²) in [6.45, 7) is 2.22. The number of rotatable bonds is 5. The van der Waals surface area contributed by atoms with Crippen LogP contribution in [0.4, 0.5) is 0 Å². The van der Waals surface area contributed by atoms with Crippen molar-refractivity contribution in [2.75, 3.05) is 12.0 Å². The van der Waals surface area contributed by atoms with Gasteiger partial charge < -0.3 is 10.4 Å². The third-order valence-electron chi connectivity index (χ3n) is 3.29. The van der Waals surface area contributed by atoms with E-state index in [1.165, 1.54) is 19.3 Å². The van der Waals surface area contributed by atoms with E-state index in [0.717, 1.165) is 25.0 Å². The van der Waals surface area contributed by atoms with Crippen molar-refractivity contribution in [2.45, 2.75) is 63.6 Å². The molecule has 0 bridgehead atoms. The van der Waals surface area contributed by atoms with E-state index in [-0.39, 0.29) is 6.10 Å². The minimum absolute atomic E-state index is 0.122. The van der Waals surface area contributed by atoms with E-state index in [9.17, 15) is 5.11 Å². The SMILES string of the molecule is CCC(CSC)NC1CCCCCC1O. The van der Waals surface area contributed by atoms with Crippen molar-refractivity contribution < 1.29 is 5.11 Å². The maximum Gasteiger partial charge on any atom is 0.0693 e. The van der Waals surface area contributed by atoms with Gasteiger partial charge in [-0.3, -0.25) is 0 Å². The third kappa shape index (κ3) is 4.75. The highest BCUT2D eigenvalue weighted by molar-refractivity contribution is 7.98. The minimum atomic E-state index is -0.122. The second-order valence-electron chi connectivity index (χ2n) is 4.54. The summed E-state index contributed by atoms with van der Waals surface area (Å²) >= 11 is 1.89. The van der Waals surface area contributed by atoms with Crippen LogP contribution in [0.3, 0.4) is 0 Å². The Balaban J connectivity index is 2.38. The summed E-state index contributed by atoms with van der Waals surface area (Å²) in [5.41, 5.74) is 0. The molecule has 0 saturated heterocycles. The Labute approximate surface area is 98.2 Å². The van der Waals surface area contributed by atoms with Crippen LogP contribution in [-0.4, -0.2) is 35.3 Å². The number of hydrogen-bond donors (Lipinski definition) is 2. The van der Waals surface area contributed by atoms with Crippen LogP contribution < -0.4 is 5.32 Å². The van der Waals surface area contributed by atoms with Gasteiger partial charge in [0.05, 0.1) is 6.10 Å². The van der Waals surface area contributed by atoms with Gasteiger partial charge in [0.15, 0.2) is 0 Å². The van der Waals surface area contributed by atoms with Gasteiger partial charge in [0.25, 0.3) is 0 Å². The molecule has 1 saturated carbocycles. The summed E-state index contributed by atoms with van der Waals surface area (Å²) in [5, 5.41) is 13.6. The van der Waals surface area contributed by atoms with Gasteiger partial charge in [-0.1, -0.05) is 26.2 Å². The average Bonchev–Trinajstić information content (AvgIpc) is 2.43. The van der Waals surface area contributed by atoms with Crippen LogP contribution in [-0.2, 0) is 0 Å². The van der Waals surface area contributed by atoms with E-state index < -0.39 is 0 Å². The predicted octanol–water partition coefficient (Wildman–Crippen LogP) is 2.41. The summed E-state index contributed by atoms with van der Waals surface area (Å²) in [5.74, 6) is 1.15. The largest absolute Gasteiger partial charge is 0.392 e. The van der Waals surface area contributed by atoms with Gasteiger partial charge in [-0.25, -0.2) is 0 Å². The van der Waals surface area contributed by atoms with E-state index in [1.54, 1.807) is 0 Å². The lowest BCUT2D eigenvalue weighted by Gasteiger charge is -2.27. The number of aliphatic hydroxyl groups excluding tert-OH is 1. The average molecular weight is 231 g/mol. The predicted molar refractivity (Wildman–Crippen MR) is 68.5 cm³/mol. The molecule has 0 aromatic carbocycles. The second kappa shape index (κ2) is 7.53. The number of thioether (sulfide) groups is 1. The zero-order valence-corrected chi connectivity index (χ0v) is 10.9. The monoisotopic (exact) mass is 231 g/mol. The van der Waals surface area contributed by atoms with Crippen LogP contribution in [0.5, 0.6) is 0 Å². The first kappa shape index (κ1) is 13.3. The van der Waals surface area contributed by atoms with Crippen LogP contribution >= 0.6 is 11.8 Å². The van der Waals surface area contributed by atoms with E-state index >= 15 is 0 Å². The molecule has 1 fully saturated rings.